The average molecular weight is 651 g/mol. The van der Waals surface area contributed by atoms with Gasteiger partial charge in [-0.3, -0.25) is 14.9 Å². The monoisotopic (exact) mass is 651 g/mol. The molecule has 0 radical (unpaired) electrons. The SMILES string of the molecule is CCOc1cc(/C=C(\C#N)C(=O)Nc2cccc(C)c2C)cc(I)c1Oc1ccc(C(F)(F)F)cc1[N+](=O)[O-]. The summed E-state index contributed by atoms with van der Waals surface area (Å²) in [6.07, 6.45) is -3.43. The van der Waals surface area contributed by atoms with Crippen molar-refractivity contribution in [2.45, 2.75) is 26.9 Å². The third kappa shape index (κ3) is 7.05. The highest BCUT2D eigenvalue weighted by molar-refractivity contribution is 14.1. The van der Waals surface area contributed by atoms with Crippen LogP contribution in [-0.4, -0.2) is 17.4 Å². The number of anilines is 1. The molecule has 12 heteroatoms. The standard InChI is InChI=1S/C27H21F3IN3O5/c1-4-38-24-12-17(10-18(14-32)26(35)33-21-7-5-6-15(2)16(21)3)11-20(31)25(24)39-23-9-8-19(27(28,29)30)13-22(23)34(36)37/h5-13H,4H2,1-3H3,(H,33,35)/b18-10+. The minimum atomic E-state index is -4.77. The Morgan fingerprint density at radius 3 is 2.51 bits per heavy atom. The fourth-order valence-corrected chi connectivity index (χ4v) is 4.19. The van der Waals surface area contributed by atoms with Crippen LogP contribution in [-0.2, 0) is 11.0 Å². The zero-order valence-corrected chi connectivity index (χ0v) is 23.0. The first kappa shape index (κ1) is 29.4. The normalized spacial score (nSPS) is 11.5. The van der Waals surface area contributed by atoms with Gasteiger partial charge >= 0.3 is 11.9 Å². The smallest absolute Gasteiger partial charge is 0.416 e. The molecule has 0 heterocycles. The summed E-state index contributed by atoms with van der Waals surface area (Å²) < 4.78 is 50.9. The van der Waals surface area contributed by atoms with Crippen LogP contribution in [0.3, 0.4) is 0 Å². The Hall–Kier alpha value is -4.12. The summed E-state index contributed by atoms with van der Waals surface area (Å²) in [4.78, 5) is 23.3. The number of nitrogens with one attached hydrogen (secondary N) is 1. The van der Waals surface area contributed by atoms with Gasteiger partial charge in [0.25, 0.3) is 5.91 Å². The molecular weight excluding hydrogens is 630 g/mol. The first-order valence-corrected chi connectivity index (χ1v) is 12.4. The molecule has 0 saturated carbocycles. The summed E-state index contributed by atoms with van der Waals surface area (Å²) in [6, 6.07) is 12.2. The van der Waals surface area contributed by atoms with Gasteiger partial charge in [0.2, 0.25) is 5.75 Å². The Balaban J connectivity index is 1.99. The number of amides is 1. The predicted molar refractivity (Wildman–Crippen MR) is 147 cm³/mol. The van der Waals surface area contributed by atoms with E-state index >= 15 is 0 Å². The number of aryl methyl sites for hydroxylation is 1. The number of nitro benzene ring substituents is 1. The van der Waals surface area contributed by atoms with E-state index in [1.54, 1.807) is 19.1 Å². The van der Waals surface area contributed by atoms with Crippen molar-refractivity contribution in [3.05, 3.63) is 90.0 Å². The summed E-state index contributed by atoms with van der Waals surface area (Å²) in [5.41, 5.74) is 0.524. The number of nitrogens with zero attached hydrogens (tertiary/aromatic N) is 2. The number of halogens is 4. The molecule has 202 valence electrons. The molecule has 3 rings (SSSR count). The number of nitro groups is 1. The van der Waals surface area contributed by atoms with Gasteiger partial charge in [-0.2, -0.15) is 18.4 Å². The van der Waals surface area contributed by atoms with Gasteiger partial charge in [0.15, 0.2) is 11.5 Å². The Bertz CT molecular complexity index is 1510. The molecule has 0 atom stereocenters. The molecule has 3 aromatic carbocycles. The molecule has 0 fully saturated rings. The lowest BCUT2D eigenvalue weighted by Gasteiger charge is -2.15. The van der Waals surface area contributed by atoms with Gasteiger partial charge in [-0.25, -0.2) is 0 Å². The number of ether oxygens (including phenoxy) is 2. The van der Waals surface area contributed by atoms with Gasteiger partial charge in [-0.05, 0) is 96.5 Å². The molecule has 0 spiro atoms. The van der Waals surface area contributed by atoms with Gasteiger partial charge < -0.3 is 14.8 Å². The highest BCUT2D eigenvalue weighted by Gasteiger charge is 2.33. The molecule has 1 N–H and O–H groups in total. The quantitative estimate of drug-likeness (QED) is 0.0884. The molecule has 1 amide bonds. The van der Waals surface area contributed by atoms with Gasteiger partial charge in [0, 0.05) is 11.8 Å². The molecule has 0 aliphatic rings. The number of benzene rings is 3. The highest BCUT2D eigenvalue weighted by atomic mass is 127. The second-order valence-corrected chi connectivity index (χ2v) is 9.34. The van der Waals surface area contributed by atoms with Crippen molar-refractivity contribution in [2.75, 3.05) is 11.9 Å². The number of hydrogen-bond acceptors (Lipinski definition) is 6. The molecule has 0 aromatic heterocycles. The average Bonchev–Trinajstić information content (AvgIpc) is 2.86. The molecule has 0 aliphatic heterocycles. The van der Waals surface area contributed by atoms with Crippen LogP contribution >= 0.6 is 22.6 Å². The molecule has 3 aromatic rings. The fraction of sp³-hybridized carbons (Fsp3) is 0.185. The van der Waals surface area contributed by atoms with Crippen LogP contribution in [0, 0.1) is 38.9 Å². The molecule has 8 nitrogen and oxygen atoms in total. The summed E-state index contributed by atoms with van der Waals surface area (Å²) >= 11 is 1.86. The van der Waals surface area contributed by atoms with Crippen molar-refractivity contribution >= 4 is 45.9 Å². The van der Waals surface area contributed by atoms with Crippen molar-refractivity contribution in [2.24, 2.45) is 0 Å². The van der Waals surface area contributed by atoms with Crippen LogP contribution in [0.1, 0.15) is 29.2 Å². The van der Waals surface area contributed by atoms with Crippen LogP contribution in [0.25, 0.3) is 6.08 Å². The molecule has 0 aliphatic carbocycles. The largest absolute Gasteiger partial charge is 0.490 e. The number of alkyl halides is 3. The van der Waals surface area contributed by atoms with Crippen molar-refractivity contribution in [3.8, 4) is 23.3 Å². The van der Waals surface area contributed by atoms with E-state index in [4.69, 9.17) is 9.47 Å². The maximum Gasteiger partial charge on any atom is 0.416 e. The van der Waals surface area contributed by atoms with E-state index in [0.29, 0.717) is 27.0 Å². The maximum atomic E-state index is 13.1. The van der Waals surface area contributed by atoms with Crippen LogP contribution in [0.15, 0.2) is 54.1 Å². The molecule has 0 saturated heterocycles. The Morgan fingerprint density at radius 1 is 1.18 bits per heavy atom. The Labute approximate surface area is 235 Å². The maximum absolute atomic E-state index is 13.1. The summed E-state index contributed by atoms with van der Waals surface area (Å²) in [7, 11) is 0. The van der Waals surface area contributed by atoms with E-state index in [0.717, 1.165) is 17.2 Å². The van der Waals surface area contributed by atoms with Crippen molar-refractivity contribution in [3.63, 3.8) is 0 Å². The first-order valence-electron chi connectivity index (χ1n) is 11.3. The number of carbonyl (C=O) groups is 1. The zero-order valence-electron chi connectivity index (χ0n) is 20.9. The van der Waals surface area contributed by atoms with E-state index in [1.807, 2.05) is 48.6 Å². The second kappa shape index (κ2) is 12.2. The fourth-order valence-electron chi connectivity index (χ4n) is 3.46. The third-order valence-electron chi connectivity index (χ3n) is 5.56. The van der Waals surface area contributed by atoms with Crippen LogP contribution in [0.2, 0.25) is 0 Å². The summed E-state index contributed by atoms with van der Waals surface area (Å²) in [6.45, 7) is 5.58. The number of rotatable bonds is 8. The Kier molecular flexibility index (Phi) is 9.18. The van der Waals surface area contributed by atoms with Gasteiger partial charge in [0.1, 0.15) is 11.6 Å². The topological polar surface area (TPSA) is 114 Å². The minimum absolute atomic E-state index is 0.0239. The lowest BCUT2D eigenvalue weighted by Crippen LogP contribution is -2.14. The summed E-state index contributed by atoms with van der Waals surface area (Å²) in [5.74, 6) is -0.909. The van der Waals surface area contributed by atoms with E-state index in [-0.39, 0.29) is 23.7 Å². The first-order chi connectivity index (χ1) is 18.3. The zero-order chi connectivity index (χ0) is 28.9. The predicted octanol–water partition coefficient (Wildman–Crippen LogP) is 7.57. The molecule has 0 bridgehead atoms. The third-order valence-corrected chi connectivity index (χ3v) is 6.36. The van der Waals surface area contributed by atoms with Crippen molar-refractivity contribution in [1.82, 2.24) is 0 Å². The van der Waals surface area contributed by atoms with Crippen molar-refractivity contribution in [1.29, 1.82) is 5.26 Å². The number of carbonyl (C=O) groups excluding carboxylic acids is 1. The van der Waals surface area contributed by atoms with Crippen molar-refractivity contribution < 1.29 is 32.4 Å². The van der Waals surface area contributed by atoms with Gasteiger partial charge in [-0.1, -0.05) is 12.1 Å². The summed E-state index contributed by atoms with van der Waals surface area (Å²) in [5, 5.41) is 23.8. The van der Waals surface area contributed by atoms with E-state index < -0.39 is 34.0 Å². The highest BCUT2D eigenvalue weighted by Crippen LogP contribution is 2.42. The van der Waals surface area contributed by atoms with E-state index in [9.17, 15) is 33.3 Å². The van der Waals surface area contributed by atoms with E-state index in [2.05, 4.69) is 5.32 Å². The lowest BCUT2D eigenvalue weighted by molar-refractivity contribution is -0.385. The number of nitriles is 1. The minimum Gasteiger partial charge on any atom is -0.490 e. The molecule has 39 heavy (non-hydrogen) atoms. The van der Waals surface area contributed by atoms with Crippen LogP contribution in [0.4, 0.5) is 24.5 Å². The number of hydrogen-bond donors (Lipinski definition) is 1. The lowest BCUT2D eigenvalue weighted by atomic mass is 10.1. The van der Waals surface area contributed by atoms with Crippen LogP contribution in [0.5, 0.6) is 17.2 Å². The molecule has 0 unspecified atom stereocenters. The van der Waals surface area contributed by atoms with Gasteiger partial charge in [-0.15, -0.1) is 0 Å². The van der Waals surface area contributed by atoms with Crippen LogP contribution < -0.4 is 14.8 Å². The second-order valence-electron chi connectivity index (χ2n) is 8.17. The molecular formula is C27H21F3IN3O5. The Morgan fingerprint density at radius 2 is 1.90 bits per heavy atom. The van der Waals surface area contributed by atoms with E-state index in [1.165, 1.54) is 18.2 Å². The van der Waals surface area contributed by atoms with Gasteiger partial charge in [0.05, 0.1) is 20.7 Å².